The molecule has 0 nitrogen and oxygen atoms in total. The minimum absolute atomic E-state index is 0.822. The van der Waals surface area contributed by atoms with E-state index in [-0.39, 0.29) is 0 Å². The average molecular weight is 222 g/mol. The molecule has 1 fully saturated rings. The van der Waals surface area contributed by atoms with Crippen LogP contribution in [0.1, 0.15) is 32.6 Å². The Labute approximate surface area is 96.2 Å². The van der Waals surface area contributed by atoms with Crippen LogP contribution in [-0.2, 0) is 0 Å². The van der Waals surface area contributed by atoms with Gasteiger partial charge in [0.1, 0.15) is 0 Å². The Balaban J connectivity index is 1.77. The third kappa shape index (κ3) is 2.75. The summed E-state index contributed by atoms with van der Waals surface area (Å²) in [6.45, 7) is 7.51. The molecule has 86 valence electrons. The molecule has 3 unspecified atom stereocenters. The lowest BCUT2D eigenvalue weighted by atomic mass is 9.91. The number of hydrogen-bond acceptors (Lipinski definition) is 0. The molecule has 0 spiro atoms. The fraction of sp³-hybridized carbons (Fsp3) is 0.857. The normalized spacial score (nSPS) is 33.9. The molecule has 0 saturated heterocycles. The van der Waals surface area contributed by atoms with Gasteiger partial charge in [-0.05, 0) is 30.6 Å². The summed E-state index contributed by atoms with van der Waals surface area (Å²) < 4.78 is 0. The van der Waals surface area contributed by atoms with Gasteiger partial charge in [0.25, 0.3) is 0 Å². The van der Waals surface area contributed by atoms with Crippen molar-refractivity contribution >= 4 is 8.07 Å². The SMILES string of the molecule is CCC[Si](C)(C)CCC1CC2C=CC1C2. The van der Waals surface area contributed by atoms with Gasteiger partial charge in [-0.3, -0.25) is 0 Å². The second-order valence-corrected chi connectivity index (χ2v) is 11.8. The fourth-order valence-electron chi connectivity index (χ4n) is 3.60. The van der Waals surface area contributed by atoms with Crippen molar-refractivity contribution in [3.8, 4) is 0 Å². The van der Waals surface area contributed by atoms with Crippen LogP contribution in [0.15, 0.2) is 12.2 Å². The molecule has 0 aliphatic heterocycles. The summed E-state index contributed by atoms with van der Waals surface area (Å²) in [4.78, 5) is 0. The van der Waals surface area contributed by atoms with Crippen LogP contribution in [0.2, 0.25) is 25.2 Å². The van der Waals surface area contributed by atoms with Gasteiger partial charge in [-0.25, -0.2) is 0 Å². The van der Waals surface area contributed by atoms with E-state index in [1.54, 1.807) is 6.04 Å². The van der Waals surface area contributed by atoms with Crippen molar-refractivity contribution in [1.82, 2.24) is 0 Å². The summed E-state index contributed by atoms with van der Waals surface area (Å²) in [6, 6.07) is 3.10. The van der Waals surface area contributed by atoms with E-state index in [1.165, 1.54) is 31.7 Å². The number of fused-ring (bicyclic) bond motifs is 2. The predicted octanol–water partition coefficient (Wildman–Crippen LogP) is 4.71. The van der Waals surface area contributed by atoms with E-state index in [2.05, 4.69) is 32.2 Å². The van der Waals surface area contributed by atoms with Crippen molar-refractivity contribution in [2.45, 2.75) is 57.8 Å². The van der Waals surface area contributed by atoms with Gasteiger partial charge in [-0.1, -0.05) is 57.1 Å². The molecule has 0 N–H and O–H groups in total. The first-order valence-corrected chi connectivity index (χ1v) is 10.2. The second-order valence-electron chi connectivity index (χ2n) is 6.49. The zero-order chi connectivity index (χ0) is 10.9. The zero-order valence-electron chi connectivity index (χ0n) is 10.6. The second kappa shape index (κ2) is 4.45. The highest BCUT2D eigenvalue weighted by molar-refractivity contribution is 6.77. The van der Waals surface area contributed by atoms with Crippen LogP contribution < -0.4 is 0 Å². The Kier molecular flexibility index (Phi) is 3.39. The molecule has 2 aliphatic carbocycles. The summed E-state index contributed by atoms with van der Waals surface area (Å²) in [5, 5.41) is 0. The molecule has 1 saturated carbocycles. The quantitative estimate of drug-likeness (QED) is 0.467. The smallest absolute Gasteiger partial charge is 0.0473 e. The molecule has 0 aromatic heterocycles. The lowest BCUT2D eigenvalue weighted by Crippen LogP contribution is -2.26. The zero-order valence-corrected chi connectivity index (χ0v) is 11.6. The van der Waals surface area contributed by atoms with E-state index in [0.717, 1.165) is 17.8 Å². The lowest BCUT2D eigenvalue weighted by molar-refractivity contribution is 0.432. The number of allylic oxidation sites excluding steroid dienone is 2. The van der Waals surface area contributed by atoms with Crippen molar-refractivity contribution in [3.05, 3.63) is 12.2 Å². The minimum Gasteiger partial charge on any atom is -0.0851 e. The van der Waals surface area contributed by atoms with Gasteiger partial charge in [0.2, 0.25) is 0 Å². The third-order valence-electron chi connectivity index (χ3n) is 4.54. The monoisotopic (exact) mass is 222 g/mol. The molecular weight excluding hydrogens is 196 g/mol. The number of rotatable bonds is 5. The van der Waals surface area contributed by atoms with E-state index >= 15 is 0 Å². The van der Waals surface area contributed by atoms with Crippen LogP contribution in [-0.4, -0.2) is 8.07 Å². The fourth-order valence-corrected chi connectivity index (χ4v) is 6.36. The maximum atomic E-state index is 2.58. The van der Waals surface area contributed by atoms with Crippen molar-refractivity contribution in [3.63, 3.8) is 0 Å². The minimum atomic E-state index is -0.822. The molecule has 15 heavy (non-hydrogen) atoms. The van der Waals surface area contributed by atoms with Crippen LogP contribution in [0, 0.1) is 17.8 Å². The topological polar surface area (TPSA) is 0 Å². The lowest BCUT2D eigenvalue weighted by Gasteiger charge is -2.25. The van der Waals surface area contributed by atoms with Gasteiger partial charge in [-0.2, -0.15) is 0 Å². The molecule has 2 aliphatic rings. The maximum absolute atomic E-state index is 2.58. The largest absolute Gasteiger partial charge is 0.0851 e. The highest BCUT2D eigenvalue weighted by Crippen LogP contribution is 2.46. The molecular formula is C14H26Si. The third-order valence-corrected chi connectivity index (χ3v) is 8.03. The van der Waals surface area contributed by atoms with Crippen LogP contribution >= 0.6 is 0 Å². The highest BCUT2D eigenvalue weighted by atomic mass is 28.3. The first-order valence-electron chi connectivity index (χ1n) is 6.79. The Morgan fingerprint density at radius 1 is 1.13 bits per heavy atom. The van der Waals surface area contributed by atoms with E-state index in [4.69, 9.17) is 0 Å². The van der Waals surface area contributed by atoms with E-state index in [0.29, 0.717) is 0 Å². The van der Waals surface area contributed by atoms with Gasteiger partial charge in [-0.15, -0.1) is 0 Å². The van der Waals surface area contributed by atoms with Crippen LogP contribution in [0.3, 0.4) is 0 Å². The Hall–Kier alpha value is -0.0431. The Bertz CT molecular complexity index is 242. The molecule has 0 heterocycles. The standard InChI is InChI=1S/C14H26Si/c1-4-8-15(2,3)9-7-14-11-12-5-6-13(14)10-12/h5-6,12-14H,4,7-11H2,1-3H3. The molecule has 2 rings (SSSR count). The molecule has 0 aromatic rings. The molecule has 0 aromatic carbocycles. The van der Waals surface area contributed by atoms with Crippen LogP contribution in [0.25, 0.3) is 0 Å². The van der Waals surface area contributed by atoms with Gasteiger partial charge in [0.05, 0.1) is 0 Å². The van der Waals surface area contributed by atoms with Crippen molar-refractivity contribution in [2.24, 2.45) is 17.8 Å². The highest BCUT2D eigenvalue weighted by Gasteiger charge is 2.36. The molecule has 2 bridgehead atoms. The molecule has 1 heteroatoms. The number of hydrogen-bond donors (Lipinski definition) is 0. The summed E-state index contributed by atoms with van der Waals surface area (Å²) >= 11 is 0. The van der Waals surface area contributed by atoms with Crippen LogP contribution in [0.5, 0.6) is 0 Å². The van der Waals surface area contributed by atoms with Crippen molar-refractivity contribution in [1.29, 1.82) is 0 Å². The first-order chi connectivity index (χ1) is 7.11. The average Bonchev–Trinajstić information content (AvgIpc) is 2.75. The Morgan fingerprint density at radius 3 is 2.47 bits per heavy atom. The van der Waals surface area contributed by atoms with Gasteiger partial charge >= 0.3 is 0 Å². The molecule has 0 amide bonds. The first kappa shape index (κ1) is 11.4. The summed E-state index contributed by atoms with van der Waals surface area (Å²) in [6.07, 6.45) is 10.9. The summed E-state index contributed by atoms with van der Waals surface area (Å²) in [7, 11) is -0.822. The van der Waals surface area contributed by atoms with E-state index in [9.17, 15) is 0 Å². The van der Waals surface area contributed by atoms with Crippen LogP contribution in [0.4, 0.5) is 0 Å². The summed E-state index contributed by atoms with van der Waals surface area (Å²) in [5.74, 6) is 3.00. The van der Waals surface area contributed by atoms with Gasteiger partial charge < -0.3 is 0 Å². The van der Waals surface area contributed by atoms with Gasteiger partial charge in [0, 0.05) is 8.07 Å². The molecule has 0 radical (unpaired) electrons. The summed E-state index contributed by atoms with van der Waals surface area (Å²) in [5.41, 5.74) is 0. The van der Waals surface area contributed by atoms with E-state index < -0.39 is 8.07 Å². The van der Waals surface area contributed by atoms with Crippen molar-refractivity contribution < 1.29 is 0 Å². The Morgan fingerprint density at radius 2 is 1.93 bits per heavy atom. The molecule has 3 atom stereocenters. The predicted molar refractivity (Wildman–Crippen MR) is 70.8 cm³/mol. The maximum Gasteiger partial charge on any atom is 0.0473 e. The van der Waals surface area contributed by atoms with Crippen molar-refractivity contribution in [2.75, 3.05) is 0 Å². The van der Waals surface area contributed by atoms with E-state index in [1.807, 2.05) is 0 Å². The van der Waals surface area contributed by atoms with Gasteiger partial charge in [0.15, 0.2) is 0 Å².